The zero-order valence-corrected chi connectivity index (χ0v) is 16.8. The average Bonchev–Trinajstić information content (AvgIpc) is 3.14. The van der Waals surface area contributed by atoms with Gasteiger partial charge in [0.2, 0.25) is 0 Å². The summed E-state index contributed by atoms with van der Waals surface area (Å²) in [5.41, 5.74) is 2.70. The minimum absolute atomic E-state index is 0.0211. The topological polar surface area (TPSA) is 87.1 Å². The molecule has 2 N–H and O–H groups in total. The summed E-state index contributed by atoms with van der Waals surface area (Å²) in [6.45, 7) is 0.409. The van der Waals surface area contributed by atoms with Gasteiger partial charge in [-0.15, -0.1) is 0 Å². The summed E-state index contributed by atoms with van der Waals surface area (Å²) in [6.07, 6.45) is 4.05. The first-order chi connectivity index (χ1) is 14.1. The van der Waals surface area contributed by atoms with Gasteiger partial charge in [0.15, 0.2) is 11.5 Å². The predicted octanol–water partition coefficient (Wildman–Crippen LogP) is 4.10. The lowest BCUT2D eigenvalue weighted by molar-refractivity contribution is -0.117. The van der Waals surface area contributed by atoms with Crippen molar-refractivity contribution in [3.05, 3.63) is 64.3 Å². The molecule has 0 saturated heterocycles. The third-order valence-corrected chi connectivity index (χ3v) is 4.77. The Morgan fingerprint density at radius 3 is 2.79 bits per heavy atom. The van der Waals surface area contributed by atoms with Gasteiger partial charge >= 0.3 is 0 Å². The number of methoxy groups -OCH3 is 2. The monoisotopic (exact) mass is 409 g/mol. The lowest BCUT2D eigenvalue weighted by atomic mass is 10.1. The van der Waals surface area contributed by atoms with E-state index in [2.05, 4.69) is 10.3 Å². The van der Waals surface area contributed by atoms with Crippen molar-refractivity contribution < 1.29 is 14.3 Å². The molecule has 0 radical (unpaired) electrons. The number of aromatic amines is 1. The molecule has 3 rings (SSSR count). The number of hydrogen-bond donors (Lipinski definition) is 2. The molecule has 0 fully saturated rings. The van der Waals surface area contributed by atoms with Gasteiger partial charge < -0.3 is 19.8 Å². The van der Waals surface area contributed by atoms with Crippen molar-refractivity contribution in [1.82, 2.24) is 10.3 Å². The van der Waals surface area contributed by atoms with Crippen LogP contribution >= 0.6 is 11.6 Å². The number of halogens is 1. The van der Waals surface area contributed by atoms with E-state index in [9.17, 15) is 10.1 Å². The number of fused-ring (bicyclic) bond motifs is 1. The minimum atomic E-state index is -0.446. The van der Waals surface area contributed by atoms with E-state index < -0.39 is 5.91 Å². The molecular weight excluding hydrogens is 390 g/mol. The quantitative estimate of drug-likeness (QED) is 0.454. The maximum Gasteiger partial charge on any atom is 0.261 e. The SMILES string of the molecule is COc1cc(C=C(C#N)C(=O)NCCc2c[nH]c3ccccc23)cc(Cl)c1OC. The Kier molecular flexibility index (Phi) is 6.43. The fourth-order valence-corrected chi connectivity index (χ4v) is 3.38. The minimum Gasteiger partial charge on any atom is -0.493 e. The second-order valence-electron chi connectivity index (χ2n) is 6.27. The fraction of sp³-hybridized carbons (Fsp3) is 0.182. The summed E-state index contributed by atoms with van der Waals surface area (Å²) >= 11 is 6.19. The highest BCUT2D eigenvalue weighted by atomic mass is 35.5. The van der Waals surface area contributed by atoms with Crippen molar-refractivity contribution in [1.29, 1.82) is 5.26 Å². The number of ether oxygens (including phenoxy) is 2. The summed E-state index contributed by atoms with van der Waals surface area (Å²) in [5, 5.41) is 13.6. The van der Waals surface area contributed by atoms with Crippen LogP contribution in [0, 0.1) is 11.3 Å². The Bertz CT molecular complexity index is 1110. The molecule has 148 valence electrons. The van der Waals surface area contributed by atoms with E-state index in [0.29, 0.717) is 35.1 Å². The molecule has 6 nitrogen and oxygen atoms in total. The first-order valence-corrected chi connectivity index (χ1v) is 9.31. The van der Waals surface area contributed by atoms with Gasteiger partial charge in [-0.3, -0.25) is 4.79 Å². The van der Waals surface area contributed by atoms with Crippen LogP contribution in [0.25, 0.3) is 17.0 Å². The van der Waals surface area contributed by atoms with Gasteiger partial charge in [0.1, 0.15) is 11.6 Å². The zero-order valence-electron chi connectivity index (χ0n) is 16.1. The van der Waals surface area contributed by atoms with E-state index in [4.69, 9.17) is 21.1 Å². The first kappa shape index (κ1) is 20.3. The average molecular weight is 410 g/mol. The van der Waals surface area contributed by atoms with Gasteiger partial charge in [0, 0.05) is 23.6 Å². The van der Waals surface area contributed by atoms with Crippen LogP contribution in [0.5, 0.6) is 11.5 Å². The number of benzene rings is 2. The number of rotatable bonds is 7. The van der Waals surface area contributed by atoms with Crippen LogP contribution in [0.1, 0.15) is 11.1 Å². The predicted molar refractivity (Wildman–Crippen MR) is 113 cm³/mol. The Labute approximate surface area is 173 Å². The number of carbonyl (C=O) groups is 1. The molecule has 2 aromatic carbocycles. The maximum absolute atomic E-state index is 12.4. The zero-order chi connectivity index (χ0) is 20.8. The second kappa shape index (κ2) is 9.18. The van der Waals surface area contributed by atoms with E-state index >= 15 is 0 Å². The Morgan fingerprint density at radius 2 is 2.07 bits per heavy atom. The summed E-state index contributed by atoms with van der Waals surface area (Å²) in [5.74, 6) is 0.370. The van der Waals surface area contributed by atoms with Crippen molar-refractivity contribution in [2.75, 3.05) is 20.8 Å². The summed E-state index contributed by atoms with van der Waals surface area (Å²) in [7, 11) is 2.98. The lowest BCUT2D eigenvalue weighted by Gasteiger charge is -2.10. The largest absolute Gasteiger partial charge is 0.493 e. The maximum atomic E-state index is 12.4. The second-order valence-corrected chi connectivity index (χ2v) is 6.68. The number of nitrogens with one attached hydrogen (secondary N) is 2. The Balaban J connectivity index is 1.70. The Hall–Kier alpha value is -3.43. The molecule has 0 aliphatic rings. The number of hydrogen-bond acceptors (Lipinski definition) is 4. The molecule has 0 aliphatic carbocycles. The van der Waals surface area contributed by atoms with Gasteiger partial charge in [0.25, 0.3) is 5.91 Å². The highest BCUT2D eigenvalue weighted by Crippen LogP contribution is 2.36. The number of aromatic nitrogens is 1. The van der Waals surface area contributed by atoms with Crippen LogP contribution in [0.2, 0.25) is 5.02 Å². The van der Waals surface area contributed by atoms with Crippen LogP contribution in [0.3, 0.4) is 0 Å². The molecule has 1 amide bonds. The molecule has 0 bridgehead atoms. The molecule has 1 aromatic heterocycles. The van der Waals surface area contributed by atoms with Crippen molar-refractivity contribution in [2.24, 2.45) is 0 Å². The summed E-state index contributed by atoms with van der Waals surface area (Å²) in [6, 6.07) is 13.2. The van der Waals surface area contributed by atoms with E-state index in [1.54, 1.807) is 12.1 Å². The van der Waals surface area contributed by atoms with Gasteiger partial charge in [0.05, 0.1) is 19.2 Å². The van der Waals surface area contributed by atoms with Crippen LogP contribution < -0.4 is 14.8 Å². The smallest absolute Gasteiger partial charge is 0.261 e. The standard InChI is InChI=1S/C22H20ClN3O3/c1-28-20-11-14(10-18(23)21(20)29-2)9-16(12-24)22(27)25-8-7-15-13-26-19-6-4-3-5-17(15)19/h3-6,9-11,13,26H,7-8H2,1-2H3,(H,25,27). The normalized spacial score (nSPS) is 11.2. The number of H-pyrrole nitrogens is 1. The van der Waals surface area contributed by atoms with Crippen LogP contribution in [-0.4, -0.2) is 31.7 Å². The molecule has 3 aromatic rings. The number of nitrogens with zero attached hydrogens (tertiary/aromatic N) is 1. The third kappa shape index (κ3) is 4.53. The van der Waals surface area contributed by atoms with Crippen LogP contribution in [0.15, 0.2) is 48.2 Å². The van der Waals surface area contributed by atoms with Gasteiger partial charge in [-0.1, -0.05) is 29.8 Å². The van der Waals surface area contributed by atoms with Gasteiger partial charge in [-0.25, -0.2) is 0 Å². The lowest BCUT2D eigenvalue weighted by Crippen LogP contribution is -2.26. The highest BCUT2D eigenvalue weighted by molar-refractivity contribution is 6.32. The van der Waals surface area contributed by atoms with Crippen molar-refractivity contribution in [3.63, 3.8) is 0 Å². The van der Waals surface area contributed by atoms with Gasteiger partial charge in [-0.05, 0) is 41.8 Å². The molecule has 29 heavy (non-hydrogen) atoms. The van der Waals surface area contributed by atoms with E-state index in [1.807, 2.05) is 36.5 Å². The molecule has 0 unspecified atom stereocenters. The van der Waals surface area contributed by atoms with Crippen molar-refractivity contribution in [3.8, 4) is 17.6 Å². The highest BCUT2D eigenvalue weighted by Gasteiger charge is 2.13. The van der Waals surface area contributed by atoms with Crippen molar-refractivity contribution in [2.45, 2.75) is 6.42 Å². The molecule has 0 aliphatic heterocycles. The summed E-state index contributed by atoms with van der Waals surface area (Å²) in [4.78, 5) is 15.6. The number of para-hydroxylation sites is 1. The van der Waals surface area contributed by atoms with Crippen LogP contribution in [-0.2, 0) is 11.2 Å². The van der Waals surface area contributed by atoms with Crippen molar-refractivity contribution >= 4 is 34.5 Å². The Morgan fingerprint density at radius 1 is 1.28 bits per heavy atom. The molecule has 7 heteroatoms. The molecule has 1 heterocycles. The molecule has 0 spiro atoms. The fourth-order valence-electron chi connectivity index (χ4n) is 3.08. The molecular formula is C22H20ClN3O3. The van der Waals surface area contributed by atoms with E-state index in [-0.39, 0.29) is 5.57 Å². The van der Waals surface area contributed by atoms with E-state index in [1.165, 1.54) is 20.3 Å². The number of nitriles is 1. The molecule has 0 atom stereocenters. The van der Waals surface area contributed by atoms with Gasteiger partial charge in [-0.2, -0.15) is 5.26 Å². The number of amides is 1. The first-order valence-electron chi connectivity index (χ1n) is 8.94. The third-order valence-electron chi connectivity index (χ3n) is 4.49. The van der Waals surface area contributed by atoms with Crippen LogP contribution in [0.4, 0.5) is 0 Å². The molecule has 0 saturated carbocycles. The number of carbonyl (C=O) groups excluding carboxylic acids is 1. The summed E-state index contributed by atoms with van der Waals surface area (Å²) < 4.78 is 10.4. The van der Waals surface area contributed by atoms with E-state index in [0.717, 1.165) is 16.5 Å².